The molecule has 0 heterocycles. The summed E-state index contributed by atoms with van der Waals surface area (Å²) in [5.41, 5.74) is 4.05. The molecule has 0 radical (unpaired) electrons. The Morgan fingerprint density at radius 1 is 1.03 bits per heavy atom. The minimum atomic E-state index is -0.853. The molecule has 29 heavy (non-hydrogen) atoms. The highest BCUT2D eigenvalue weighted by Gasteiger charge is 2.32. The molecule has 2 rings (SSSR count). The lowest BCUT2D eigenvalue weighted by atomic mass is 9.87. The Labute approximate surface area is 173 Å². The Hall–Kier alpha value is -2.59. The first kappa shape index (κ1) is 22.7. The fourth-order valence-electron chi connectivity index (χ4n) is 3.41. The van der Waals surface area contributed by atoms with Crippen LogP contribution in [0.15, 0.2) is 24.3 Å². The van der Waals surface area contributed by atoms with E-state index in [0.717, 1.165) is 38.3 Å². The molecule has 4 heteroatoms. The SMILES string of the molecule is C=c1c(OCC)ccc(-c2c(C)ccc(C)c2C(OC(C)(C)C)C(=O)OC)c1=C. The van der Waals surface area contributed by atoms with Gasteiger partial charge in [-0.05, 0) is 75.1 Å². The molecule has 0 aliphatic heterocycles. The zero-order chi connectivity index (χ0) is 21.9. The van der Waals surface area contributed by atoms with Gasteiger partial charge in [-0.1, -0.05) is 31.4 Å². The molecule has 0 amide bonds. The quantitative estimate of drug-likeness (QED) is 0.686. The smallest absolute Gasteiger partial charge is 0.339 e. The van der Waals surface area contributed by atoms with E-state index in [1.54, 1.807) is 0 Å². The van der Waals surface area contributed by atoms with Gasteiger partial charge in [-0.25, -0.2) is 4.79 Å². The van der Waals surface area contributed by atoms with E-state index in [9.17, 15) is 4.79 Å². The van der Waals surface area contributed by atoms with E-state index in [1.807, 2.05) is 65.8 Å². The molecule has 0 aromatic heterocycles. The van der Waals surface area contributed by atoms with E-state index >= 15 is 0 Å². The standard InChI is InChI=1S/C25H32O4/c1-10-28-20-14-13-19(17(4)18(20)5)21-15(2)11-12-16(3)22(21)23(24(26)27-9)29-25(6,7)8/h11-14,23H,4-5,10H2,1-3,6-9H3. The largest absolute Gasteiger partial charge is 0.493 e. The topological polar surface area (TPSA) is 44.8 Å². The van der Waals surface area contributed by atoms with E-state index in [2.05, 4.69) is 13.2 Å². The van der Waals surface area contributed by atoms with Gasteiger partial charge in [0.1, 0.15) is 5.75 Å². The number of methoxy groups -OCH3 is 1. The van der Waals surface area contributed by atoms with Crippen LogP contribution in [0.4, 0.5) is 0 Å². The van der Waals surface area contributed by atoms with Crippen LogP contribution in [0.1, 0.15) is 50.5 Å². The molecule has 1 unspecified atom stereocenters. The fraction of sp³-hybridized carbons (Fsp3) is 0.400. The molecular weight excluding hydrogens is 364 g/mol. The third kappa shape index (κ3) is 4.88. The van der Waals surface area contributed by atoms with Gasteiger partial charge in [-0.2, -0.15) is 0 Å². The number of benzene rings is 2. The van der Waals surface area contributed by atoms with Crippen LogP contribution >= 0.6 is 0 Å². The second-order valence-electron chi connectivity index (χ2n) is 8.12. The van der Waals surface area contributed by atoms with Crippen molar-refractivity contribution in [2.75, 3.05) is 13.7 Å². The molecule has 0 fully saturated rings. The molecule has 0 aliphatic rings. The predicted octanol–water partition coefficient (Wildman–Crippen LogP) is 4.22. The van der Waals surface area contributed by atoms with Crippen molar-refractivity contribution in [3.8, 4) is 16.9 Å². The van der Waals surface area contributed by atoms with Gasteiger partial charge in [0, 0.05) is 10.8 Å². The summed E-state index contributed by atoms with van der Waals surface area (Å²) in [6, 6.07) is 7.91. The molecule has 0 N–H and O–H groups in total. The van der Waals surface area contributed by atoms with Crippen LogP contribution < -0.4 is 15.2 Å². The van der Waals surface area contributed by atoms with Gasteiger partial charge < -0.3 is 14.2 Å². The summed E-state index contributed by atoms with van der Waals surface area (Å²) in [4.78, 5) is 12.7. The average molecular weight is 397 g/mol. The maximum Gasteiger partial charge on any atom is 0.339 e. The summed E-state index contributed by atoms with van der Waals surface area (Å²) >= 11 is 0. The van der Waals surface area contributed by atoms with Crippen LogP contribution in [0.25, 0.3) is 24.3 Å². The Kier molecular flexibility index (Phi) is 6.91. The Morgan fingerprint density at radius 2 is 1.66 bits per heavy atom. The maximum absolute atomic E-state index is 12.7. The van der Waals surface area contributed by atoms with Gasteiger partial charge in [-0.15, -0.1) is 0 Å². The van der Waals surface area contributed by atoms with E-state index < -0.39 is 17.7 Å². The highest BCUT2D eigenvalue weighted by Crippen LogP contribution is 2.36. The first-order valence-corrected chi connectivity index (χ1v) is 9.81. The highest BCUT2D eigenvalue weighted by molar-refractivity contribution is 5.83. The van der Waals surface area contributed by atoms with E-state index in [4.69, 9.17) is 14.2 Å². The summed E-state index contributed by atoms with van der Waals surface area (Å²) in [7, 11) is 1.38. The zero-order valence-corrected chi connectivity index (χ0v) is 18.6. The number of rotatable bonds is 6. The van der Waals surface area contributed by atoms with E-state index in [1.165, 1.54) is 7.11 Å². The molecular formula is C25H32O4. The van der Waals surface area contributed by atoms with Crippen LogP contribution in [-0.4, -0.2) is 25.3 Å². The van der Waals surface area contributed by atoms with Gasteiger partial charge in [0.05, 0.1) is 19.3 Å². The Bertz CT molecular complexity index is 999. The number of hydrogen-bond donors (Lipinski definition) is 0. The fourth-order valence-corrected chi connectivity index (χ4v) is 3.41. The van der Waals surface area contributed by atoms with Gasteiger partial charge in [0.15, 0.2) is 6.10 Å². The van der Waals surface area contributed by atoms with Crippen molar-refractivity contribution in [3.05, 3.63) is 51.4 Å². The molecule has 0 saturated carbocycles. The first-order chi connectivity index (χ1) is 13.5. The van der Waals surface area contributed by atoms with Gasteiger partial charge in [-0.3, -0.25) is 0 Å². The molecule has 1 atom stereocenters. The number of carbonyl (C=O) groups excluding carboxylic acids is 1. The second-order valence-corrected chi connectivity index (χ2v) is 8.12. The summed E-state index contributed by atoms with van der Waals surface area (Å²) in [6.45, 7) is 20.6. The third-order valence-corrected chi connectivity index (χ3v) is 4.78. The molecule has 0 spiro atoms. The summed E-state index contributed by atoms with van der Waals surface area (Å²) in [6.07, 6.45) is -0.853. The second kappa shape index (κ2) is 8.83. The van der Waals surface area contributed by atoms with Crippen molar-refractivity contribution in [2.24, 2.45) is 0 Å². The molecule has 2 aromatic rings. The van der Waals surface area contributed by atoms with Gasteiger partial charge >= 0.3 is 5.97 Å². The van der Waals surface area contributed by atoms with Crippen molar-refractivity contribution in [2.45, 2.75) is 53.2 Å². The lowest BCUT2D eigenvalue weighted by molar-refractivity contribution is -0.164. The van der Waals surface area contributed by atoms with Gasteiger partial charge in [0.2, 0.25) is 0 Å². The van der Waals surface area contributed by atoms with E-state index in [-0.39, 0.29) is 0 Å². The Morgan fingerprint density at radius 3 is 2.21 bits per heavy atom. The number of esters is 1. The highest BCUT2D eigenvalue weighted by atomic mass is 16.6. The molecule has 0 saturated heterocycles. The van der Waals surface area contributed by atoms with Crippen molar-refractivity contribution in [1.29, 1.82) is 0 Å². The van der Waals surface area contributed by atoms with Crippen molar-refractivity contribution in [1.82, 2.24) is 0 Å². The van der Waals surface area contributed by atoms with Crippen LogP contribution in [0.3, 0.4) is 0 Å². The summed E-state index contributed by atoms with van der Waals surface area (Å²) < 4.78 is 16.9. The van der Waals surface area contributed by atoms with Crippen LogP contribution in [0, 0.1) is 13.8 Å². The molecule has 156 valence electrons. The lowest BCUT2D eigenvalue weighted by Crippen LogP contribution is -2.30. The normalized spacial score (nSPS) is 12.5. The number of aryl methyl sites for hydroxylation is 2. The Balaban J connectivity index is 2.83. The van der Waals surface area contributed by atoms with Crippen LogP contribution in [0.2, 0.25) is 0 Å². The monoisotopic (exact) mass is 396 g/mol. The van der Waals surface area contributed by atoms with Crippen molar-refractivity contribution >= 4 is 19.1 Å². The van der Waals surface area contributed by atoms with Crippen molar-refractivity contribution in [3.63, 3.8) is 0 Å². The summed E-state index contributed by atoms with van der Waals surface area (Å²) in [5, 5.41) is 1.51. The van der Waals surface area contributed by atoms with Gasteiger partial charge in [0.25, 0.3) is 0 Å². The predicted molar refractivity (Wildman–Crippen MR) is 118 cm³/mol. The minimum absolute atomic E-state index is 0.429. The number of hydrogen-bond acceptors (Lipinski definition) is 4. The maximum atomic E-state index is 12.7. The lowest BCUT2D eigenvalue weighted by Gasteiger charge is -2.29. The van der Waals surface area contributed by atoms with Crippen molar-refractivity contribution < 1.29 is 19.0 Å². The molecule has 0 bridgehead atoms. The van der Waals surface area contributed by atoms with Crippen LogP contribution in [0.5, 0.6) is 5.75 Å². The third-order valence-electron chi connectivity index (χ3n) is 4.78. The molecule has 2 aromatic carbocycles. The molecule has 0 aliphatic carbocycles. The zero-order valence-electron chi connectivity index (χ0n) is 18.6. The van der Waals surface area contributed by atoms with Crippen LogP contribution in [-0.2, 0) is 14.3 Å². The average Bonchev–Trinajstić information content (AvgIpc) is 2.65. The minimum Gasteiger partial charge on any atom is -0.493 e. The van der Waals surface area contributed by atoms with E-state index in [0.29, 0.717) is 12.4 Å². The number of ether oxygens (including phenoxy) is 3. The number of carbonyl (C=O) groups is 1. The first-order valence-electron chi connectivity index (χ1n) is 9.81. The molecule has 4 nitrogen and oxygen atoms in total. The summed E-state index contributed by atoms with van der Waals surface area (Å²) in [5.74, 6) is 0.282.